The molecule has 126 valence electrons. The zero-order chi connectivity index (χ0) is 17.4. The van der Waals surface area contributed by atoms with Gasteiger partial charge in [-0.2, -0.15) is 0 Å². The van der Waals surface area contributed by atoms with E-state index >= 15 is 0 Å². The Bertz CT molecular complexity index is 668. The molecule has 0 aliphatic rings. The molecule has 0 aliphatic carbocycles. The lowest BCUT2D eigenvalue weighted by Crippen LogP contribution is -2.26. The smallest absolute Gasteiger partial charge is 0.347 e. The molecule has 0 saturated heterocycles. The SMILES string of the molecule is CCOC(=O)[C@@H](C)Oc1ccc(C(=O)NCc2ccccc2)cc1. The van der Waals surface area contributed by atoms with Gasteiger partial charge < -0.3 is 14.8 Å². The molecule has 2 rings (SSSR count). The first-order valence-corrected chi connectivity index (χ1v) is 7.85. The number of nitrogens with one attached hydrogen (secondary N) is 1. The van der Waals surface area contributed by atoms with Gasteiger partial charge in [0.15, 0.2) is 6.10 Å². The zero-order valence-electron chi connectivity index (χ0n) is 13.8. The van der Waals surface area contributed by atoms with Crippen molar-refractivity contribution in [3.8, 4) is 5.75 Å². The van der Waals surface area contributed by atoms with Gasteiger partial charge in [-0.15, -0.1) is 0 Å². The summed E-state index contributed by atoms with van der Waals surface area (Å²) in [6.45, 7) is 4.15. The van der Waals surface area contributed by atoms with E-state index in [4.69, 9.17) is 9.47 Å². The Balaban J connectivity index is 1.89. The minimum atomic E-state index is -0.692. The quantitative estimate of drug-likeness (QED) is 0.794. The van der Waals surface area contributed by atoms with Gasteiger partial charge in [0.25, 0.3) is 5.91 Å². The molecule has 0 spiro atoms. The monoisotopic (exact) mass is 327 g/mol. The zero-order valence-corrected chi connectivity index (χ0v) is 13.8. The normalized spacial score (nSPS) is 11.4. The van der Waals surface area contributed by atoms with Crippen LogP contribution in [0.2, 0.25) is 0 Å². The van der Waals surface area contributed by atoms with Gasteiger partial charge in [0.05, 0.1) is 6.61 Å². The molecule has 24 heavy (non-hydrogen) atoms. The average Bonchev–Trinajstić information content (AvgIpc) is 2.61. The van der Waals surface area contributed by atoms with Gasteiger partial charge in [-0.1, -0.05) is 30.3 Å². The summed E-state index contributed by atoms with van der Waals surface area (Å²) in [6.07, 6.45) is -0.692. The molecule has 0 saturated carbocycles. The summed E-state index contributed by atoms with van der Waals surface area (Å²) in [4.78, 5) is 23.6. The van der Waals surface area contributed by atoms with E-state index in [1.54, 1.807) is 38.1 Å². The molecule has 1 N–H and O–H groups in total. The number of benzene rings is 2. The molecule has 2 aromatic carbocycles. The van der Waals surface area contributed by atoms with Crippen LogP contribution in [0.15, 0.2) is 54.6 Å². The van der Waals surface area contributed by atoms with Crippen molar-refractivity contribution >= 4 is 11.9 Å². The number of hydrogen-bond donors (Lipinski definition) is 1. The Morgan fingerprint density at radius 3 is 2.33 bits per heavy atom. The highest BCUT2D eigenvalue weighted by Crippen LogP contribution is 2.14. The predicted octanol–water partition coefficient (Wildman–Crippen LogP) is 2.95. The molecule has 1 amide bonds. The van der Waals surface area contributed by atoms with E-state index < -0.39 is 12.1 Å². The number of hydrogen-bond acceptors (Lipinski definition) is 4. The average molecular weight is 327 g/mol. The highest BCUT2D eigenvalue weighted by atomic mass is 16.6. The van der Waals surface area contributed by atoms with Gasteiger partial charge in [0.2, 0.25) is 0 Å². The summed E-state index contributed by atoms with van der Waals surface area (Å²) in [6, 6.07) is 16.3. The maximum absolute atomic E-state index is 12.1. The molecule has 0 aliphatic heterocycles. The molecular weight excluding hydrogens is 306 g/mol. The van der Waals surface area contributed by atoms with Crippen molar-refractivity contribution in [1.29, 1.82) is 0 Å². The first-order chi connectivity index (χ1) is 11.6. The van der Waals surface area contributed by atoms with Crippen LogP contribution in [0.5, 0.6) is 5.75 Å². The van der Waals surface area contributed by atoms with Crippen LogP contribution in [0, 0.1) is 0 Å². The molecule has 0 fully saturated rings. The van der Waals surface area contributed by atoms with Gasteiger partial charge in [0, 0.05) is 12.1 Å². The van der Waals surface area contributed by atoms with Crippen LogP contribution in [0.3, 0.4) is 0 Å². The first-order valence-electron chi connectivity index (χ1n) is 7.85. The summed E-state index contributed by atoms with van der Waals surface area (Å²) < 4.78 is 10.4. The van der Waals surface area contributed by atoms with Crippen molar-refractivity contribution in [2.75, 3.05) is 6.61 Å². The van der Waals surface area contributed by atoms with Gasteiger partial charge in [-0.25, -0.2) is 4.79 Å². The highest BCUT2D eigenvalue weighted by Gasteiger charge is 2.15. The third kappa shape index (κ3) is 5.12. The third-order valence-corrected chi connectivity index (χ3v) is 3.34. The molecular formula is C19H21NO4. The van der Waals surface area contributed by atoms with Crippen molar-refractivity contribution in [3.63, 3.8) is 0 Å². The number of esters is 1. The molecule has 0 bridgehead atoms. The predicted molar refractivity (Wildman–Crippen MR) is 90.8 cm³/mol. The van der Waals surface area contributed by atoms with Crippen molar-refractivity contribution in [3.05, 3.63) is 65.7 Å². The topological polar surface area (TPSA) is 64.6 Å². The maximum Gasteiger partial charge on any atom is 0.347 e. The Kier molecular flexibility index (Phi) is 6.37. The van der Waals surface area contributed by atoms with Crippen LogP contribution in [-0.4, -0.2) is 24.6 Å². The lowest BCUT2D eigenvalue weighted by atomic mass is 10.2. The first kappa shape index (κ1) is 17.5. The van der Waals surface area contributed by atoms with Crippen molar-refractivity contribution in [2.24, 2.45) is 0 Å². The fourth-order valence-electron chi connectivity index (χ4n) is 2.08. The second-order valence-corrected chi connectivity index (χ2v) is 5.20. The number of amides is 1. The van der Waals surface area contributed by atoms with Gasteiger partial charge in [0.1, 0.15) is 5.75 Å². The van der Waals surface area contributed by atoms with E-state index in [-0.39, 0.29) is 5.91 Å². The summed E-state index contributed by atoms with van der Waals surface area (Å²) in [5.74, 6) is -0.0683. The molecule has 0 unspecified atom stereocenters. The standard InChI is InChI=1S/C19H21NO4/c1-3-23-19(22)14(2)24-17-11-9-16(10-12-17)18(21)20-13-15-7-5-4-6-8-15/h4-12,14H,3,13H2,1-2H3,(H,20,21)/t14-/m1/s1. The molecule has 5 heteroatoms. The maximum atomic E-state index is 12.1. The van der Waals surface area contributed by atoms with E-state index in [9.17, 15) is 9.59 Å². The number of rotatable bonds is 7. The molecule has 1 atom stereocenters. The van der Waals surface area contributed by atoms with Crippen LogP contribution in [0.25, 0.3) is 0 Å². The van der Waals surface area contributed by atoms with Gasteiger partial charge in [-0.05, 0) is 43.7 Å². The fraction of sp³-hybridized carbons (Fsp3) is 0.263. The van der Waals surface area contributed by atoms with Crippen LogP contribution < -0.4 is 10.1 Å². The summed E-state index contributed by atoms with van der Waals surface area (Å²) in [5, 5.41) is 2.86. The van der Waals surface area contributed by atoms with Crippen LogP contribution >= 0.6 is 0 Å². The summed E-state index contributed by atoms with van der Waals surface area (Å²) in [7, 11) is 0. The Hall–Kier alpha value is -2.82. The number of carbonyl (C=O) groups excluding carboxylic acids is 2. The summed E-state index contributed by atoms with van der Waals surface area (Å²) in [5.41, 5.74) is 1.57. The Labute approximate surface area is 141 Å². The molecule has 0 radical (unpaired) electrons. The molecule has 2 aromatic rings. The van der Waals surface area contributed by atoms with E-state index in [1.165, 1.54) is 0 Å². The van der Waals surface area contributed by atoms with Gasteiger partial charge >= 0.3 is 5.97 Å². The molecule has 0 heterocycles. The van der Waals surface area contributed by atoms with Crippen LogP contribution in [0.4, 0.5) is 0 Å². The van der Waals surface area contributed by atoms with E-state index in [1.807, 2.05) is 30.3 Å². The molecule has 5 nitrogen and oxygen atoms in total. The number of carbonyl (C=O) groups is 2. The van der Waals surface area contributed by atoms with Crippen molar-refractivity contribution < 1.29 is 19.1 Å². The lowest BCUT2D eigenvalue weighted by Gasteiger charge is -2.13. The van der Waals surface area contributed by atoms with Gasteiger partial charge in [-0.3, -0.25) is 4.79 Å². The summed E-state index contributed by atoms with van der Waals surface area (Å²) >= 11 is 0. The molecule has 0 aromatic heterocycles. The fourth-order valence-corrected chi connectivity index (χ4v) is 2.08. The van der Waals surface area contributed by atoms with E-state index in [2.05, 4.69) is 5.32 Å². The lowest BCUT2D eigenvalue weighted by molar-refractivity contribution is -0.150. The van der Waals surface area contributed by atoms with Crippen molar-refractivity contribution in [1.82, 2.24) is 5.32 Å². The highest BCUT2D eigenvalue weighted by molar-refractivity contribution is 5.94. The largest absolute Gasteiger partial charge is 0.479 e. The second kappa shape index (κ2) is 8.72. The van der Waals surface area contributed by atoms with Crippen LogP contribution in [-0.2, 0) is 16.1 Å². The Morgan fingerprint density at radius 1 is 1.04 bits per heavy atom. The van der Waals surface area contributed by atoms with Crippen molar-refractivity contribution in [2.45, 2.75) is 26.5 Å². The second-order valence-electron chi connectivity index (χ2n) is 5.20. The van der Waals surface area contributed by atoms with Crippen LogP contribution in [0.1, 0.15) is 29.8 Å². The number of ether oxygens (including phenoxy) is 2. The minimum absolute atomic E-state index is 0.163. The third-order valence-electron chi connectivity index (χ3n) is 3.34. The van der Waals surface area contributed by atoms with E-state index in [0.717, 1.165) is 5.56 Å². The van der Waals surface area contributed by atoms with E-state index in [0.29, 0.717) is 24.5 Å². The Morgan fingerprint density at radius 2 is 1.71 bits per heavy atom. The minimum Gasteiger partial charge on any atom is -0.479 e.